The monoisotopic (exact) mass is 1220 g/mol. The predicted molar refractivity (Wildman–Crippen MR) is 324 cm³/mol. The van der Waals surface area contributed by atoms with Crippen LogP contribution in [0.3, 0.4) is 0 Å². The Morgan fingerprint density at radius 3 is 1.44 bits per heavy atom. The number of piperazine rings is 2. The first-order valence-corrected chi connectivity index (χ1v) is 28.9. The maximum Gasteiger partial charge on any atom is 0.410 e. The Morgan fingerprint density at radius 1 is 0.620 bits per heavy atom. The lowest BCUT2D eigenvalue weighted by molar-refractivity contribution is 0.0230. The van der Waals surface area contributed by atoms with Gasteiger partial charge >= 0.3 is 12.2 Å². The van der Waals surface area contributed by atoms with Crippen LogP contribution >= 0.6 is 45.3 Å². The summed E-state index contributed by atoms with van der Waals surface area (Å²) in [6.45, 7) is 25.7. The van der Waals surface area contributed by atoms with Gasteiger partial charge in [0, 0.05) is 120 Å². The summed E-state index contributed by atoms with van der Waals surface area (Å²) in [5, 5.41) is 10.0. The normalized spacial score (nSPS) is 13.9. The summed E-state index contributed by atoms with van der Waals surface area (Å²) in [5.74, 6) is 0.612. The number of nitrogen functional groups attached to an aromatic ring is 1. The van der Waals surface area contributed by atoms with E-state index in [1.54, 1.807) is 37.4 Å². The Labute approximate surface area is 480 Å². The van der Waals surface area contributed by atoms with E-state index in [-0.39, 0.29) is 29.3 Å². The Morgan fingerprint density at radius 2 is 1.04 bits per heavy atom. The first-order chi connectivity index (χ1) is 37.6. The third kappa shape index (κ3) is 14.3. The van der Waals surface area contributed by atoms with Crippen LogP contribution in [0.4, 0.5) is 38.5 Å². The number of aryl methyl sites for hydroxylation is 4. The molecule has 0 spiro atoms. The van der Waals surface area contributed by atoms with Crippen LogP contribution in [0.2, 0.25) is 0 Å². The topological polar surface area (TPSA) is 225 Å². The van der Waals surface area contributed by atoms with Crippen LogP contribution in [0.15, 0.2) is 93.4 Å². The highest BCUT2D eigenvalue weighted by Crippen LogP contribution is 2.28. The third-order valence-corrected chi connectivity index (χ3v) is 15.1. The van der Waals surface area contributed by atoms with Crippen molar-refractivity contribution >= 4 is 108 Å². The fraction of sp³-hybridized carbons (Fsp3) is 0.393. The molecule has 0 saturated carbocycles. The largest absolute Gasteiger partial charge is 0.444 e. The molecule has 79 heavy (non-hydrogen) atoms. The lowest BCUT2D eigenvalue weighted by Crippen LogP contribution is -2.50. The number of ether oxygens (including phenoxy) is 2. The second kappa shape index (κ2) is 24.8. The molecule has 0 atom stereocenters. The molecule has 3 N–H and O–H groups in total. The van der Waals surface area contributed by atoms with Crippen LogP contribution in [0.1, 0.15) is 66.8 Å². The van der Waals surface area contributed by atoms with Gasteiger partial charge in [-0.1, -0.05) is 0 Å². The summed E-state index contributed by atoms with van der Waals surface area (Å²) >= 11 is 5.18. The zero-order valence-corrected chi connectivity index (χ0v) is 50.0. The average Bonchev–Trinajstić information content (AvgIpc) is 4.30. The first kappa shape index (κ1) is 57.9. The number of nitrogens with one attached hydrogen (secondary N) is 1. The van der Waals surface area contributed by atoms with Crippen molar-refractivity contribution in [3.05, 3.63) is 119 Å². The molecule has 2 aliphatic rings. The molecule has 8 aromatic rings. The molecule has 8 heterocycles. The second-order valence-corrected chi connectivity index (χ2v) is 23.8. The standard InChI is InChI=1S/C28H33N7O3S.C15H21IN2O2.C13H13N5OS/c1-6-35-23-21(17-22(25(35)36)24-29-11-16-39-24)18(2)30-26(32-23)31-19-7-9-20(10-8-19)33-12-14-34(15-13-33)27(37)38-28(3,4)5;1-15(2,3)20-14(19)18-10-8-17(9-11-18)13-6-4-12(16)5-7-13;1-3-18-10-8(7(2)16-13(14)17-10)6-9(12(18)19)11-15-4-5-20-11/h7-11,16-17H,6,12-15H2,1-5H3,(H,30,31,32);4-7H,8-11H2,1-3H3;4-6H,3H2,1-2H3,(H2,14,16,17). The smallest absolute Gasteiger partial charge is 0.410 e. The number of fused-ring (bicyclic) bond motifs is 2. The van der Waals surface area contributed by atoms with E-state index in [0.717, 1.165) is 59.7 Å². The van der Waals surface area contributed by atoms with Crippen LogP contribution < -0.4 is 32.0 Å². The molecule has 10 rings (SSSR count). The molecule has 20 nitrogen and oxygen atoms in total. The van der Waals surface area contributed by atoms with Gasteiger partial charge in [0.05, 0.1) is 22.5 Å². The molecule has 2 aromatic carbocycles. The fourth-order valence-electron chi connectivity index (χ4n) is 8.94. The van der Waals surface area contributed by atoms with Gasteiger partial charge in [-0.2, -0.15) is 9.97 Å². The molecule has 2 amide bonds. The Hall–Kier alpha value is -7.25. The number of pyridine rings is 2. The molecule has 6 aromatic heterocycles. The average molecular weight is 1220 g/mol. The lowest BCUT2D eigenvalue weighted by atomic mass is 10.2. The van der Waals surface area contributed by atoms with Crippen molar-refractivity contribution in [2.45, 2.75) is 93.5 Å². The van der Waals surface area contributed by atoms with Crippen LogP contribution in [0.25, 0.3) is 43.2 Å². The Balaban J connectivity index is 0.000000172. The van der Waals surface area contributed by atoms with Crippen molar-refractivity contribution in [3.8, 4) is 21.1 Å². The molecule has 0 bridgehead atoms. The minimum atomic E-state index is -0.497. The van der Waals surface area contributed by atoms with E-state index in [1.165, 1.54) is 31.9 Å². The van der Waals surface area contributed by atoms with Crippen molar-refractivity contribution in [1.82, 2.24) is 48.8 Å². The van der Waals surface area contributed by atoms with E-state index in [1.807, 2.05) is 110 Å². The van der Waals surface area contributed by atoms with Crippen molar-refractivity contribution in [1.29, 1.82) is 0 Å². The predicted octanol–water partition coefficient (Wildman–Crippen LogP) is 10.2. The van der Waals surface area contributed by atoms with Gasteiger partial charge < -0.3 is 40.1 Å². The number of aromatic nitrogens is 8. The highest BCUT2D eigenvalue weighted by molar-refractivity contribution is 14.1. The van der Waals surface area contributed by atoms with Gasteiger partial charge in [-0.3, -0.25) is 18.7 Å². The quantitative estimate of drug-likeness (QED) is 0.135. The number of nitrogens with zero attached hydrogens (tertiary/aromatic N) is 12. The van der Waals surface area contributed by atoms with E-state index in [2.05, 4.69) is 86.9 Å². The molecule has 0 radical (unpaired) electrons. The number of hydrogen-bond acceptors (Lipinski definition) is 18. The number of hydrogen-bond donors (Lipinski definition) is 2. The molecule has 23 heteroatoms. The van der Waals surface area contributed by atoms with E-state index < -0.39 is 11.2 Å². The number of thiazole rings is 2. The van der Waals surface area contributed by atoms with Crippen molar-refractivity contribution in [3.63, 3.8) is 0 Å². The molecule has 2 fully saturated rings. The maximum atomic E-state index is 13.2. The van der Waals surface area contributed by atoms with Gasteiger partial charge in [-0.25, -0.2) is 29.5 Å². The zero-order chi connectivity index (χ0) is 56.8. The second-order valence-electron chi connectivity index (χ2n) is 20.7. The van der Waals surface area contributed by atoms with Crippen LogP contribution in [-0.2, 0) is 22.6 Å². The van der Waals surface area contributed by atoms with Gasteiger partial charge in [0.15, 0.2) is 0 Å². The zero-order valence-electron chi connectivity index (χ0n) is 46.2. The number of amides is 2. The summed E-state index contributed by atoms with van der Waals surface area (Å²) in [4.78, 5) is 84.5. The number of carbonyl (C=O) groups is 2. The van der Waals surface area contributed by atoms with Crippen molar-refractivity contribution in [2.75, 3.05) is 73.2 Å². The molecule has 2 aliphatic heterocycles. The number of nitrogens with two attached hydrogens (primary N) is 1. The highest BCUT2D eigenvalue weighted by atomic mass is 127. The minimum Gasteiger partial charge on any atom is -0.444 e. The Bertz CT molecular complexity index is 3530. The maximum absolute atomic E-state index is 13.2. The number of halogens is 1. The third-order valence-electron chi connectivity index (χ3n) is 12.8. The molecular weight excluding hydrogens is 1160 g/mol. The van der Waals surface area contributed by atoms with Crippen LogP contribution in [-0.4, -0.2) is 125 Å². The number of anilines is 5. The Kier molecular flexibility index (Phi) is 18.2. The summed E-state index contributed by atoms with van der Waals surface area (Å²) in [6.07, 6.45) is 2.91. The van der Waals surface area contributed by atoms with Gasteiger partial charge in [-0.15, -0.1) is 22.7 Å². The molecular formula is C56H67IN14O6S2. The molecule has 0 aliphatic carbocycles. The van der Waals surface area contributed by atoms with Gasteiger partial charge in [0.25, 0.3) is 11.1 Å². The van der Waals surface area contributed by atoms with Crippen molar-refractivity contribution in [2.24, 2.45) is 0 Å². The van der Waals surface area contributed by atoms with Gasteiger partial charge in [0.1, 0.15) is 32.5 Å². The fourth-order valence-corrected chi connectivity index (χ4v) is 10.6. The minimum absolute atomic E-state index is 0.104. The summed E-state index contributed by atoms with van der Waals surface area (Å²) < 4.78 is 15.4. The van der Waals surface area contributed by atoms with E-state index in [0.29, 0.717) is 77.7 Å². The van der Waals surface area contributed by atoms with E-state index in [4.69, 9.17) is 20.2 Å². The van der Waals surface area contributed by atoms with Crippen LogP contribution in [0, 0.1) is 17.4 Å². The van der Waals surface area contributed by atoms with Gasteiger partial charge in [0.2, 0.25) is 11.9 Å². The molecule has 2 saturated heterocycles. The number of carbonyl (C=O) groups excluding carboxylic acids is 2. The van der Waals surface area contributed by atoms with Gasteiger partial charge in [-0.05, 0) is 152 Å². The van der Waals surface area contributed by atoms with Crippen LogP contribution in [0.5, 0.6) is 0 Å². The number of rotatable bonds is 8. The lowest BCUT2D eigenvalue weighted by Gasteiger charge is -2.36. The molecule has 416 valence electrons. The summed E-state index contributed by atoms with van der Waals surface area (Å²) in [7, 11) is 0. The summed E-state index contributed by atoms with van der Waals surface area (Å²) in [5.41, 5.74) is 11.5. The van der Waals surface area contributed by atoms with E-state index in [9.17, 15) is 19.2 Å². The van der Waals surface area contributed by atoms with E-state index >= 15 is 0 Å². The molecule has 0 unspecified atom stereocenters. The van der Waals surface area contributed by atoms with Crippen molar-refractivity contribution < 1.29 is 19.1 Å². The summed E-state index contributed by atoms with van der Waals surface area (Å²) in [6, 6.07) is 20.2. The SMILES string of the molecule is CC(C)(C)OC(=O)N1CCN(c2ccc(I)cc2)CC1.CCn1c(=O)c(-c2nccs2)cc2c(C)nc(N)nc21.CCn1c(=O)c(-c2nccs2)cc2c(C)nc(Nc3ccc(N4CCN(C(=O)OC(C)(C)C)CC4)cc3)nc21. The highest BCUT2D eigenvalue weighted by Gasteiger charge is 2.28. The number of benzene rings is 2. The first-order valence-electron chi connectivity index (χ1n) is 26.1.